The van der Waals surface area contributed by atoms with Crippen LogP contribution in [0.5, 0.6) is 5.75 Å². The lowest BCUT2D eigenvalue weighted by Crippen LogP contribution is -2.34. The van der Waals surface area contributed by atoms with Gasteiger partial charge in [0.2, 0.25) is 0 Å². The summed E-state index contributed by atoms with van der Waals surface area (Å²) in [5, 5.41) is 6.33. The number of nitrogens with one attached hydrogen (secondary N) is 1. The van der Waals surface area contributed by atoms with Gasteiger partial charge in [-0.05, 0) is 36.8 Å². The Hall–Kier alpha value is -3.79. The molecule has 2 aromatic carbocycles. The number of carbonyl (C=O) groups is 3. The molecule has 0 aliphatic carbocycles. The molecule has 0 aliphatic heterocycles. The normalized spacial score (nSPS) is 10.7. The molecule has 0 aliphatic rings. The van der Waals surface area contributed by atoms with Crippen LogP contribution in [0.3, 0.4) is 0 Å². The lowest BCUT2D eigenvalue weighted by atomic mass is 10.2. The minimum Gasteiger partial charge on any atom is -0.452 e. The quantitative estimate of drug-likeness (QED) is 0.498. The Labute approximate surface area is 192 Å². The minimum atomic E-state index is -3.00. The number of nitrogens with zero attached hydrogens (tertiary/aromatic N) is 2. The van der Waals surface area contributed by atoms with Crippen LogP contribution < -0.4 is 10.1 Å². The molecule has 0 radical (unpaired) electrons. The molecule has 3 rings (SSSR count). The molecule has 3 aromatic rings. The number of aromatic nitrogens is 2. The molecule has 0 spiro atoms. The fourth-order valence-electron chi connectivity index (χ4n) is 2.87. The van der Waals surface area contributed by atoms with Gasteiger partial charge in [0.05, 0.1) is 12.2 Å². The minimum absolute atomic E-state index is 0.0151. The van der Waals surface area contributed by atoms with Crippen LogP contribution in [0.15, 0.2) is 54.6 Å². The molecule has 0 fully saturated rings. The maximum Gasteiger partial charge on any atom is 0.387 e. The first-order valence-electron chi connectivity index (χ1n) is 9.57. The molecule has 0 unspecified atom stereocenters. The average Bonchev–Trinajstić information content (AvgIpc) is 3.05. The molecule has 0 saturated heterocycles. The van der Waals surface area contributed by atoms with Crippen molar-refractivity contribution in [3.05, 3.63) is 82.1 Å². The predicted molar refractivity (Wildman–Crippen MR) is 113 cm³/mol. The van der Waals surface area contributed by atoms with Crippen molar-refractivity contribution in [1.82, 2.24) is 15.1 Å². The van der Waals surface area contributed by atoms with Gasteiger partial charge in [0.25, 0.3) is 11.8 Å². The van der Waals surface area contributed by atoms with Crippen molar-refractivity contribution < 1.29 is 32.6 Å². The van der Waals surface area contributed by atoms with E-state index in [0.29, 0.717) is 12.2 Å². The lowest BCUT2D eigenvalue weighted by Gasteiger charge is -2.07. The number of halogens is 3. The summed E-state index contributed by atoms with van der Waals surface area (Å²) >= 11 is 6.29. The number of carbonyl (C=O) groups excluding carboxylic acids is 3. The van der Waals surface area contributed by atoms with E-state index in [1.54, 1.807) is 6.92 Å². The number of alkyl halides is 2. The number of amides is 2. The zero-order chi connectivity index (χ0) is 24.0. The van der Waals surface area contributed by atoms with Gasteiger partial charge in [-0.25, -0.2) is 9.48 Å². The number of ether oxygens (including phenoxy) is 2. The summed E-state index contributed by atoms with van der Waals surface area (Å²) in [6.07, 6.45) is 0. The Morgan fingerprint density at radius 3 is 2.39 bits per heavy atom. The van der Waals surface area contributed by atoms with Crippen molar-refractivity contribution in [1.29, 1.82) is 0 Å². The van der Waals surface area contributed by atoms with Gasteiger partial charge in [-0.1, -0.05) is 41.9 Å². The van der Waals surface area contributed by atoms with E-state index in [9.17, 15) is 23.2 Å². The first kappa shape index (κ1) is 23.9. The predicted octanol–water partition coefficient (Wildman–Crippen LogP) is 3.61. The molecule has 33 heavy (non-hydrogen) atoms. The van der Waals surface area contributed by atoms with Gasteiger partial charge >= 0.3 is 12.6 Å². The third kappa shape index (κ3) is 6.36. The van der Waals surface area contributed by atoms with Crippen LogP contribution in [0, 0.1) is 6.92 Å². The van der Waals surface area contributed by atoms with Gasteiger partial charge in [-0.2, -0.15) is 13.9 Å². The third-order valence-electron chi connectivity index (χ3n) is 4.37. The standard InChI is InChI=1S/C22H18ClF2N3O5/c1-13-18(19(23)28(27-13)11-14-5-3-2-4-6-14)21(31)32-12-17(29)26-20(30)15-7-9-16(10-8-15)33-22(24)25/h2-10,22H,11-12H2,1H3,(H,26,29,30). The highest BCUT2D eigenvalue weighted by Gasteiger charge is 2.23. The molecule has 8 nitrogen and oxygen atoms in total. The van der Waals surface area contributed by atoms with E-state index in [1.807, 2.05) is 35.6 Å². The monoisotopic (exact) mass is 477 g/mol. The molecule has 0 atom stereocenters. The third-order valence-corrected chi connectivity index (χ3v) is 4.76. The summed E-state index contributed by atoms with van der Waals surface area (Å²) in [5.74, 6) is -2.69. The summed E-state index contributed by atoms with van der Waals surface area (Å²) in [7, 11) is 0. The maximum absolute atomic E-state index is 12.4. The summed E-state index contributed by atoms with van der Waals surface area (Å²) in [6.45, 7) is -1.82. The van der Waals surface area contributed by atoms with Crippen molar-refractivity contribution in [3.8, 4) is 5.75 Å². The van der Waals surface area contributed by atoms with Gasteiger partial charge in [-0.15, -0.1) is 0 Å². The second-order valence-corrected chi connectivity index (χ2v) is 7.11. The number of esters is 1. The smallest absolute Gasteiger partial charge is 0.387 e. The first-order valence-corrected chi connectivity index (χ1v) is 9.95. The van der Waals surface area contributed by atoms with Crippen LogP contribution >= 0.6 is 11.6 Å². The van der Waals surface area contributed by atoms with Crippen LogP contribution in [0.1, 0.15) is 32.0 Å². The number of rotatable bonds is 8. The molecule has 1 heterocycles. The lowest BCUT2D eigenvalue weighted by molar-refractivity contribution is -0.123. The summed E-state index contributed by atoms with van der Waals surface area (Å²) in [5.41, 5.74) is 1.29. The molecular formula is C22H18ClF2N3O5. The molecule has 0 bridgehead atoms. The zero-order valence-corrected chi connectivity index (χ0v) is 18.0. The van der Waals surface area contributed by atoms with E-state index in [4.69, 9.17) is 16.3 Å². The highest BCUT2D eigenvalue weighted by Crippen LogP contribution is 2.22. The Balaban J connectivity index is 1.56. The summed E-state index contributed by atoms with van der Waals surface area (Å²) in [6, 6.07) is 14.1. The van der Waals surface area contributed by atoms with Crippen molar-refractivity contribution in [3.63, 3.8) is 0 Å². The van der Waals surface area contributed by atoms with Gasteiger partial charge in [0.15, 0.2) is 6.61 Å². The van der Waals surface area contributed by atoms with Crippen molar-refractivity contribution in [2.75, 3.05) is 6.61 Å². The van der Waals surface area contributed by atoms with Gasteiger partial charge < -0.3 is 9.47 Å². The van der Waals surface area contributed by atoms with Crippen LogP contribution in [0.2, 0.25) is 5.15 Å². The van der Waals surface area contributed by atoms with E-state index in [1.165, 1.54) is 16.8 Å². The largest absolute Gasteiger partial charge is 0.452 e. The molecule has 2 amide bonds. The Morgan fingerprint density at radius 2 is 1.76 bits per heavy atom. The van der Waals surface area contributed by atoms with Crippen LogP contribution in [-0.4, -0.2) is 40.8 Å². The molecule has 0 saturated carbocycles. The molecule has 1 N–H and O–H groups in total. The van der Waals surface area contributed by atoms with Crippen molar-refractivity contribution in [2.45, 2.75) is 20.1 Å². The maximum atomic E-state index is 12.4. The SMILES string of the molecule is Cc1nn(Cc2ccccc2)c(Cl)c1C(=O)OCC(=O)NC(=O)c1ccc(OC(F)F)cc1. The van der Waals surface area contributed by atoms with Crippen molar-refractivity contribution >= 4 is 29.4 Å². The Kier molecular flexibility index (Phi) is 7.73. The Morgan fingerprint density at radius 1 is 1.09 bits per heavy atom. The van der Waals surface area contributed by atoms with E-state index in [2.05, 4.69) is 9.84 Å². The second-order valence-electron chi connectivity index (χ2n) is 6.75. The van der Waals surface area contributed by atoms with Crippen LogP contribution in [0.4, 0.5) is 8.78 Å². The molecule has 11 heteroatoms. The average molecular weight is 478 g/mol. The number of benzene rings is 2. The first-order chi connectivity index (χ1) is 15.7. The highest BCUT2D eigenvalue weighted by atomic mass is 35.5. The molecule has 1 aromatic heterocycles. The van der Waals surface area contributed by atoms with Gasteiger partial charge in [-0.3, -0.25) is 14.9 Å². The number of aryl methyl sites for hydroxylation is 1. The molecule has 172 valence electrons. The van der Waals surface area contributed by atoms with Crippen molar-refractivity contribution in [2.24, 2.45) is 0 Å². The van der Waals surface area contributed by atoms with E-state index in [-0.39, 0.29) is 22.0 Å². The zero-order valence-electron chi connectivity index (χ0n) is 17.3. The number of hydrogen-bond donors (Lipinski definition) is 1. The fraction of sp³-hybridized carbons (Fsp3) is 0.182. The topological polar surface area (TPSA) is 99.5 Å². The fourth-order valence-corrected chi connectivity index (χ4v) is 3.18. The highest BCUT2D eigenvalue weighted by molar-refractivity contribution is 6.32. The van der Waals surface area contributed by atoms with Crippen LogP contribution in [-0.2, 0) is 16.1 Å². The second kappa shape index (κ2) is 10.7. The summed E-state index contributed by atoms with van der Waals surface area (Å²) in [4.78, 5) is 36.5. The number of hydrogen-bond acceptors (Lipinski definition) is 6. The summed E-state index contributed by atoms with van der Waals surface area (Å²) < 4.78 is 34.9. The van der Waals surface area contributed by atoms with Gasteiger partial charge in [0, 0.05) is 5.56 Å². The Bertz CT molecular complexity index is 1150. The van der Waals surface area contributed by atoms with E-state index in [0.717, 1.165) is 17.7 Å². The van der Waals surface area contributed by atoms with E-state index < -0.39 is 31.0 Å². The van der Waals surface area contributed by atoms with Gasteiger partial charge in [0.1, 0.15) is 16.5 Å². The van der Waals surface area contributed by atoms with E-state index >= 15 is 0 Å². The number of imide groups is 1. The van der Waals surface area contributed by atoms with Crippen LogP contribution in [0.25, 0.3) is 0 Å². The molecular weight excluding hydrogens is 460 g/mol.